The van der Waals surface area contributed by atoms with E-state index in [9.17, 15) is 5.11 Å². The van der Waals surface area contributed by atoms with Gasteiger partial charge in [-0.05, 0) is 17.2 Å². The quantitative estimate of drug-likeness (QED) is 0.733. The van der Waals surface area contributed by atoms with E-state index in [2.05, 4.69) is 31.9 Å². The summed E-state index contributed by atoms with van der Waals surface area (Å²) in [5.41, 5.74) is 3.80. The fraction of sp³-hybridized carbons (Fsp3) is 0.500. The highest BCUT2D eigenvalue weighted by molar-refractivity contribution is 5.64. The predicted molar refractivity (Wildman–Crippen MR) is 58.7 cm³/mol. The molecule has 2 heteroatoms. The second-order valence-corrected chi connectivity index (χ2v) is 4.71. The Bertz CT molecular complexity index is 357. The van der Waals surface area contributed by atoms with Crippen molar-refractivity contribution in [3.8, 4) is 0 Å². The zero-order valence-corrected chi connectivity index (χ0v) is 9.04. The van der Waals surface area contributed by atoms with Gasteiger partial charge in [0.05, 0.1) is 6.61 Å². The minimum absolute atomic E-state index is 0.139. The predicted octanol–water partition coefficient (Wildman–Crippen LogP) is 1.91. The van der Waals surface area contributed by atoms with Gasteiger partial charge in [0, 0.05) is 24.7 Å². The summed E-state index contributed by atoms with van der Waals surface area (Å²) in [6.45, 7) is 5.63. The summed E-state index contributed by atoms with van der Waals surface area (Å²) in [4.78, 5) is 2.26. The lowest BCUT2D eigenvalue weighted by atomic mass is 9.84. The number of hydrogen-bond donors (Lipinski definition) is 1. The van der Waals surface area contributed by atoms with Crippen LogP contribution in [0.3, 0.4) is 0 Å². The molecular formula is C12H17NO. The average Bonchev–Trinajstić information content (AvgIpc) is 2.38. The largest absolute Gasteiger partial charge is 0.392 e. The van der Waals surface area contributed by atoms with Crippen LogP contribution in [-0.2, 0) is 12.0 Å². The number of aliphatic hydroxyl groups excluding tert-OH is 1. The standard InChI is InChI=1S/C12H17NO/c1-12(2)8-13(3)10-6-4-5-9(7-14)11(10)12/h4-6,14H,7-8H2,1-3H3. The molecule has 0 saturated heterocycles. The molecule has 0 spiro atoms. The van der Waals surface area contributed by atoms with E-state index in [-0.39, 0.29) is 12.0 Å². The second kappa shape index (κ2) is 2.99. The topological polar surface area (TPSA) is 23.5 Å². The van der Waals surface area contributed by atoms with Crippen LogP contribution >= 0.6 is 0 Å². The Morgan fingerprint density at radius 3 is 2.79 bits per heavy atom. The minimum Gasteiger partial charge on any atom is -0.392 e. The van der Waals surface area contributed by atoms with E-state index in [0.29, 0.717) is 0 Å². The van der Waals surface area contributed by atoms with Gasteiger partial charge < -0.3 is 10.0 Å². The van der Waals surface area contributed by atoms with Crippen LogP contribution in [0, 0.1) is 0 Å². The number of rotatable bonds is 1. The monoisotopic (exact) mass is 191 g/mol. The lowest BCUT2D eigenvalue weighted by Gasteiger charge is -2.20. The molecule has 1 aromatic rings. The number of fused-ring (bicyclic) bond motifs is 1. The van der Waals surface area contributed by atoms with Crippen molar-refractivity contribution in [2.24, 2.45) is 0 Å². The summed E-state index contributed by atoms with van der Waals surface area (Å²) in [6.07, 6.45) is 0. The smallest absolute Gasteiger partial charge is 0.0685 e. The summed E-state index contributed by atoms with van der Waals surface area (Å²) in [6, 6.07) is 6.16. The van der Waals surface area contributed by atoms with Crippen molar-refractivity contribution in [2.45, 2.75) is 25.9 Å². The molecule has 2 rings (SSSR count). The van der Waals surface area contributed by atoms with Gasteiger partial charge >= 0.3 is 0 Å². The van der Waals surface area contributed by atoms with E-state index in [1.807, 2.05) is 12.1 Å². The fourth-order valence-electron chi connectivity index (χ4n) is 2.57. The van der Waals surface area contributed by atoms with Crippen LogP contribution in [0.1, 0.15) is 25.0 Å². The van der Waals surface area contributed by atoms with Crippen LogP contribution in [0.5, 0.6) is 0 Å². The van der Waals surface area contributed by atoms with Gasteiger partial charge in [-0.2, -0.15) is 0 Å². The molecular weight excluding hydrogens is 174 g/mol. The lowest BCUT2D eigenvalue weighted by molar-refractivity contribution is 0.279. The number of anilines is 1. The molecule has 0 atom stereocenters. The van der Waals surface area contributed by atoms with Crippen LogP contribution in [0.4, 0.5) is 5.69 Å². The van der Waals surface area contributed by atoms with Gasteiger partial charge in [-0.1, -0.05) is 26.0 Å². The third kappa shape index (κ3) is 1.22. The Kier molecular flexibility index (Phi) is 2.04. The SMILES string of the molecule is CN1CC(C)(C)c2c(CO)cccc21. The van der Waals surface area contributed by atoms with Gasteiger partial charge in [-0.15, -0.1) is 0 Å². The summed E-state index contributed by atoms with van der Waals surface area (Å²) < 4.78 is 0. The van der Waals surface area contributed by atoms with Gasteiger partial charge in [0.25, 0.3) is 0 Å². The van der Waals surface area contributed by atoms with Gasteiger partial charge in [-0.25, -0.2) is 0 Å². The Labute approximate surface area is 85.2 Å². The third-order valence-corrected chi connectivity index (χ3v) is 3.02. The Balaban J connectivity index is 2.63. The molecule has 0 bridgehead atoms. The van der Waals surface area contributed by atoms with Crippen molar-refractivity contribution in [1.29, 1.82) is 0 Å². The molecule has 0 unspecified atom stereocenters. The Morgan fingerprint density at radius 2 is 2.14 bits per heavy atom. The number of aliphatic hydroxyl groups is 1. The summed E-state index contributed by atoms with van der Waals surface area (Å²) >= 11 is 0. The molecule has 1 heterocycles. The van der Waals surface area contributed by atoms with Crippen LogP contribution in [0.25, 0.3) is 0 Å². The number of likely N-dealkylation sites (N-methyl/N-ethyl adjacent to an activating group) is 1. The van der Waals surface area contributed by atoms with Crippen molar-refractivity contribution >= 4 is 5.69 Å². The number of benzene rings is 1. The van der Waals surface area contributed by atoms with Crippen LogP contribution in [0.15, 0.2) is 18.2 Å². The first kappa shape index (κ1) is 9.53. The first-order valence-electron chi connectivity index (χ1n) is 5.00. The highest BCUT2D eigenvalue weighted by atomic mass is 16.3. The summed E-state index contributed by atoms with van der Waals surface area (Å²) in [5.74, 6) is 0. The molecule has 0 saturated carbocycles. The van der Waals surface area contributed by atoms with E-state index in [1.54, 1.807) is 0 Å². The van der Waals surface area contributed by atoms with Gasteiger partial charge in [0.1, 0.15) is 0 Å². The summed E-state index contributed by atoms with van der Waals surface area (Å²) in [7, 11) is 2.11. The first-order chi connectivity index (χ1) is 6.56. The molecule has 1 aliphatic heterocycles. The van der Waals surface area contributed by atoms with Crippen LogP contribution in [-0.4, -0.2) is 18.7 Å². The highest BCUT2D eigenvalue weighted by Crippen LogP contribution is 2.41. The molecule has 14 heavy (non-hydrogen) atoms. The highest BCUT2D eigenvalue weighted by Gasteiger charge is 2.34. The van der Waals surface area contributed by atoms with Crippen LogP contribution in [0.2, 0.25) is 0 Å². The van der Waals surface area contributed by atoms with Gasteiger partial charge in [0.2, 0.25) is 0 Å². The first-order valence-corrected chi connectivity index (χ1v) is 5.00. The molecule has 0 fully saturated rings. The van der Waals surface area contributed by atoms with Gasteiger partial charge in [0.15, 0.2) is 0 Å². The molecule has 76 valence electrons. The van der Waals surface area contributed by atoms with Crippen molar-refractivity contribution in [3.63, 3.8) is 0 Å². The number of nitrogens with zero attached hydrogens (tertiary/aromatic N) is 1. The molecule has 1 aromatic carbocycles. The second-order valence-electron chi connectivity index (χ2n) is 4.71. The molecule has 0 aliphatic carbocycles. The van der Waals surface area contributed by atoms with Crippen molar-refractivity contribution in [3.05, 3.63) is 29.3 Å². The van der Waals surface area contributed by atoms with E-state index < -0.39 is 0 Å². The third-order valence-electron chi connectivity index (χ3n) is 3.02. The zero-order valence-electron chi connectivity index (χ0n) is 9.04. The van der Waals surface area contributed by atoms with Crippen molar-refractivity contribution < 1.29 is 5.11 Å². The Hall–Kier alpha value is -1.02. The molecule has 0 amide bonds. The molecule has 0 aromatic heterocycles. The minimum atomic E-state index is 0.139. The molecule has 1 N–H and O–H groups in total. The Morgan fingerprint density at radius 1 is 1.43 bits per heavy atom. The van der Waals surface area contributed by atoms with E-state index in [1.165, 1.54) is 11.3 Å². The van der Waals surface area contributed by atoms with E-state index in [4.69, 9.17) is 0 Å². The van der Waals surface area contributed by atoms with E-state index in [0.717, 1.165) is 12.1 Å². The normalized spacial score (nSPS) is 18.4. The molecule has 0 radical (unpaired) electrons. The molecule has 1 aliphatic rings. The lowest BCUT2D eigenvalue weighted by Crippen LogP contribution is -2.25. The number of hydrogen-bond acceptors (Lipinski definition) is 2. The van der Waals surface area contributed by atoms with E-state index >= 15 is 0 Å². The van der Waals surface area contributed by atoms with Crippen molar-refractivity contribution in [2.75, 3.05) is 18.5 Å². The maximum Gasteiger partial charge on any atom is 0.0685 e. The maximum absolute atomic E-state index is 9.30. The van der Waals surface area contributed by atoms with Crippen molar-refractivity contribution in [1.82, 2.24) is 0 Å². The fourth-order valence-corrected chi connectivity index (χ4v) is 2.57. The summed E-state index contributed by atoms with van der Waals surface area (Å²) in [5, 5.41) is 9.30. The maximum atomic E-state index is 9.30. The molecule has 2 nitrogen and oxygen atoms in total. The zero-order chi connectivity index (χ0) is 10.3. The van der Waals surface area contributed by atoms with Crippen LogP contribution < -0.4 is 4.90 Å². The average molecular weight is 191 g/mol. The van der Waals surface area contributed by atoms with Gasteiger partial charge in [-0.3, -0.25) is 0 Å².